The molecule has 90 valence electrons. The summed E-state index contributed by atoms with van der Waals surface area (Å²) in [5.41, 5.74) is 3.45. The second-order valence-corrected chi connectivity index (χ2v) is 5.69. The average Bonchev–Trinajstić information content (AvgIpc) is 2.62. The molecule has 0 atom stereocenters. The third-order valence-electron chi connectivity index (χ3n) is 2.41. The SMILES string of the molecule is Cc1cc(Br)c(NCc2cnn(C)c2)c(Br)c1. The Labute approximate surface area is 117 Å². The highest BCUT2D eigenvalue weighted by Crippen LogP contribution is 2.32. The summed E-state index contributed by atoms with van der Waals surface area (Å²) in [7, 11) is 1.92. The maximum absolute atomic E-state index is 4.14. The zero-order valence-corrected chi connectivity index (χ0v) is 12.8. The van der Waals surface area contributed by atoms with Crippen LogP contribution in [-0.2, 0) is 13.6 Å². The molecule has 0 amide bonds. The first-order valence-electron chi connectivity index (χ1n) is 5.23. The highest BCUT2D eigenvalue weighted by Gasteiger charge is 2.06. The van der Waals surface area contributed by atoms with E-state index in [1.807, 2.05) is 19.4 Å². The third-order valence-corrected chi connectivity index (χ3v) is 3.66. The summed E-state index contributed by atoms with van der Waals surface area (Å²) in [4.78, 5) is 0. The zero-order chi connectivity index (χ0) is 12.4. The summed E-state index contributed by atoms with van der Waals surface area (Å²) in [5, 5.41) is 7.53. The van der Waals surface area contributed by atoms with Gasteiger partial charge in [-0.05, 0) is 56.5 Å². The van der Waals surface area contributed by atoms with Crippen LogP contribution in [0, 0.1) is 6.92 Å². The summed E-state index contributed by atoms with van der Waals surface area (Å²) >= 11 is 7.13. The van der Waals surface area contributed by atoms with Gasteiger partial charge in [-0.2, -0.15) is 5.10 Å². The van der Waals surface area contributed by atoms with Gasteiger partial charge in [0.05, 0.1) is 11.9 Å². The molecule has 0 bridgehead atoms. The number of nitrogens with zero attached hydrogens (tertiary/aromatic N) is 2. The van der Waals surface area contributed by atoms with Crippen molar-refractivity contribution in [3.05, 3.63) is 44.6 Å². The predicted octanol–water partition coefficient (Wildman–Crippen LogP) is 3.87. The van der Waals surface area contributed by atoms with E-state index in [1.54, 1.807) is 4.68 Å². The molecule has 5 heteroatoms. The number of benzene rings is 1. The largest absolute Gasteiger partial charge is 0.379 e. The molecule has 2 rings (SSSR count). The molecule has 0 spiro atoms. The van der Waals surface area contributed by atoms with Crippen molar-refractivity contribution in [3.63, 3.8) is 0 Å². The monoisotopic (exact) mass is 357 g/mol. The number of hydrogen-bond acceptors (Lipinski definition) is 2. The van der Waals surface area contributed by atoms with Gasteiger partial charge < -0.3 is 5.32 Å². The summed E-state index contributed by atoms with van der Waals surface area (Å²) in [6.07, 6.45) is 3.87. The second kappa shape index (κ2) is 5.23. The normalized spacial score (nSPS) is 10.6. The smallest absolute Gasteiger partial charge is 0.0631 e. The Hall–Kier alpha value is -0.810. The fraction of sp³-hybridized carbons (Fsp3) is 0.250. The molecule has 0 aliphatic heterocycles. The van der Waals surface area contributed by atoms with Crippen molar-refractivity contribution in [3.8, 4) is 0 Å². The molecule has 0 aliphatic carbocycles. The van der Waals surface area contributed by atoms with Gasteiger partial charge in [-0.15, -0.1) is 0 Å². The molecular weight excluding hydrogens is 346 g/mol. The summed E-state index contributed by atoms with van der Waals surface area (Å²) < 4.78 is 3.93. The molecule has 1 aromatic heterocycles. The van der Waals surface area contributed by atoms with Gasteiger partial charge in [-0.3, -0.25) is 4.68 Å². The minimum atomic E-state index is 0.758. The first kappa shape index (κ1) is 12.6. The maximum atomic E-state index is 4.14. The number of halogens is 2. The number of nitrogens with one attached hydrogen (secondary N) is 1. The number of rotatable bonds is 3. The van der Waals surface area contributed by atoms with Crippen molar-refractivity contribution in [1.82, 2.24) is 9.78 Å². The van der Waals surface area contributed by atoms with Gasteiger partial charge in [0.15, 0.2) is 0 Å². The molecule has 3 nitrogen and oxygen atoms in total. The van der Waals surface area contributed by atoms with E-state index in [-0.39, 0.29) is 0 Å². The van der Waals surface area contributed by atoms with Crippen LogP contribution in [0.5, 0.6) is 0 Å². The van der Waals surface area contributed by atoms with Crippen LogP contribution < -0.4 is 5.32 Å². The Morgan fingerprint density at radius 2 is 1.94 bits per heavy atom. The Morgan fingerprint density at radius 1 is 1.29 bits per heavy atom. The van der Waals surface area contributed by atoms with Crippen LogP contribution in [0.3, 0.4) is 0 Å². The highest BCUT2D eigenvalue weighted by molar-refractivity contribution is 9.11. The van der Waals surface area contributed by atoms with E-state index in [2.05, 4.69) is 61.3 Å². The van der Waals surface area contributed by atoms with Gasteiger partial charge in [-0.25, -0.2) is 0 Å². The van der Waals surface area contributed by atoms with Crippen molar-refractivity contribution < 1.29 is 0 Å². The maximum Gasteiger partial charge on any atom is 0.0631 e. The van der Waals surface area contributed by atoms with Crippen molar-refractivity contribution in [2.24, 2.45) is 7.05 Å². The van der Waals surface area contributed by atoms with Gasteiger partial charge in [-0.1, -0.05) is 0 Å². The Balaban J connectivity index is 2.14. The highest BCUT2D eigenvalue weighted by atomic mass is 79.9. The average molecular weight is 359 g/mol. The molecule has 1 aromatic carbocycles. The van der Waals surface area contributed by atoms with Crippen LogP contribution in [-0.4, -0.2) is 9.78 Å². The molecular formula is C12H13Br2N3. The lowest BCUT2D eigenvalue weighted by molar-refractivity contribution is 0.767. The van der Waals surface area contributed by atoms with Crippen molar-refractivity contribution in [2.45, 2.75) is 13.5 Å². The van der Waals surface area contributed by atoms with Crippen LogP contribution in [0.2, 0.25) is 0 Å². The van der Waals surface area contributed by atoms with Gasteiger partial charge in [0.1, 0.15) is 0 Å². The van der Waals surface area contributed by atoms with E-state index >= 15 is 0 Å². The lowest BCUT2D eigenvalue weighted by Crippen LogP contribution is -2.00. The number of aryl methyl sites for hydroxylation is 2. The molecule has 1 N–H and O–H groups in total. The van der Waals surface area contributed by atoms with Crippen LogP contribution in [0.25, 0.3) is 0 Å². The Morgan fingerprint density at radius 3 is 2.47 bits per heavy atom. The Kier molecular flexibility index (Phi) is 3.89. The third kappa shape index (κ3) is 3.10. The van der Waals surface area contributed by atoms with Gasteiger partial charge in [0.25, 0.3) is 0 Å². The first-order chi connectivity index (χ1) is 8.06. The van der Waals surface area contributed by atoms with E-state index < -0.39 is 0 Å². The zero-order valence-electron chi connectivity index (χ0n) is 9.67. The van der Waals surface area contributed by atoms with Gasteiger partial charge in [0.2, 0.25) is 0 Å². The van der Waals surface area contributed by atoms with Crippen LogP contribution >= 0.6 is 31.9 Å². The summed E-state index contributed by atoms with van der Waals surface area (Å²) in [5.74, 6) is 0. The quantitative estimate of drug-likeness (QED) is 0.902. The molecule has 1 heterocycles. The minimum absolute atomic E-state index is 0.758. The lowest BCUT2D eigenvalue weighted by atomic mass is 10.2. The predicted molar refractivity (Wildman–Crippen MR) is 77.1 cm³/mol. The molecule has 0 fully saturated rings. The van der Waals surface area contributed by atoms with Crippen molar-refractivity contribution in [1.29, 1.82) is 0 Å². The van der Waals surface area contributed by atoms with E-state index in [0.29, 0.717) is 0 Å². The fourth-order valence-corrected chi connectivity index (χ4v) is 3.32. The van der Waals surface area contributed by atoms with Gasteiger partial charge >= 0.3 is 0 Å². The molecule has 0 saturated carbocycles. The van der Waals surface area contributed by atoms with E-state index in [0.717, 1.165) is 26.7 Å². The van der Waals surface area contributed by atoms with E-state index in [9.17, 15) is 0 Å². The molecule has 2 aromatic rings. The van der Waals surface area contributed by atoms with Crippen LogP contribution in [0.4, 0.5) is 5.69 Å². The van der Waals surface area contributed by atoms with E-state index in [4.69, 9.17) is 0 Å². The topological polar surface area (TPSA) is 29.9 Å². The number of aromatic nitrogens is 2. The van der Waals surface area contributed by atoms with Crippen molar-refractivity contribution >= 4 is 37.5 Å². The molecule has 0 unspecified atom stereocenters. The second-order valence-electron chi connectivity index (χ2n) is 3.98. The van der Waals surface area contributed by atoms with Crippen LogP contribution in [0.15, 0.2) is 33.5 Å². The standard InChI is InChI=1S/C12H13Br2N3/c1-8-3-10(13)12(11(14)4-8)15-5-9-6-16-17(2)7-9/h3-4,6-7,15H,5H2,1-2H3. The van der Waals surface area contributed by atoms with E-state index in [1.165, 1.54) is 5.56 Å². The number of anilines is 1. The molecule has 0 aliphatic rings. The fourth-order valence-electron chi connectivity index (χ4n) is 1.62. The molecule has 17 heavy (non-hydrogen) atoms. The molecule has 0 saturated heterocycles. The molecule has 0 radical (unpaired) electrons. The van der Waals surface area contributed by atoms with Crippen LogP contribution in [0.1, 0.15) is 11.1 Å². The van der Waals surface area contributed by atoms with Crippen molar-refractivity contribution in [2.75, 3.05) is 5.32 Å². The lowest BCUT2D eigenvalue weighted by Gasteiger charge is -2.10. The number of hydrogen-bond donors (Lipinski definition) is 1. The summed E-state index contributed by atoms with van der Waals surface area (Å²) in [6.45, 7) is 2.83. The van der Waals surface area contributed by atoms with Gasteiger partial charge in [0, 0.05) is 34.3 Å². The summed E-state index contributed by atoms with van der Waals surface area (Å²) in [6, 6.07) is 4.19. The minimum Gasteiger partial charge on any atom is -0.379 e. The Bertz CT molecular complexity index is 511. The first-order valence-corrected chi connectivity index (χ1v) is 6.82.